The lowest BCUT2D eigenvalue weighted by atomic mass is 9.94. The summed E-state index contributed by atoms with van der Waals surface area (Å²) in [6.07, 6.45) is -1.07. The molecule has 1 unspecified atom stereocenters. The molecule has 0 bridgehead atoms. The maximum atomic E-state index is 11.9. The minimum absolute atomic E-state index is 0.275. The molecule has 0 aromatic heterocycles. The van der Waals surface area contributed by atoms with E-state index in [0.29, 0.717) is 25.3 Å². The molecule has 0 radical (unpaired) electrons. The molecule has 7 heteroatoms. The Labute approximate surface area is 123 Å². The molecule has 0 amide bonds. The van der Waals surface area contributed by atoms with Crippen LogP contribution in [0, 0.1) is 0 Å². The van der Waals surface area contributed by atoms with Gasteiger partial charge in [-0.3, -0.25) is 10.1 Å². The van der Waals surface area contributed by atoms with E-state index in [4.69, 9.17) is 9.47 Å². The molecule has 1 aliphatic carbocycles. The van der Waals surface area contributed by atoms with E-state index in [0.717, 1.165) is 12.8 Å². The molecule has 0 aliphatic heterocycles. The minimum atomic E-state index is -4.17. The Morgan fingerprint density at radius 3 is 2.38 bits per heavy atom. The number of carbonyl (C=O) groups is 1. The van der Waals surface area contributed by atoms with Crippen molar-refractivity contribution in [2.75, 3.05) is 20.3 Å². The van der Waals surface area contributed by atoms with E-state index in [9.17, 15) is 18.0 Å². The molecule has 21 heavy (non-hydrogen) atoms. The molecule has 0 saturated heterocycles. The summed E-state index contributed by atoms with van der Waals surface area (Å²) in [7, 11) is 1.36. The van der Waals surface area contributed by atoms with Crippen LogP contribution in [-0.2, 0) is 14.3 Å². The highest BCUT2D eigenvalue weighted by atomic mass is 19.4. The van der Waals surface area contributed by atoms with Gasteiger partial charge in [0.2, 0.25) is 0 Å². The fourth-order valence-electron chi connectivity index (χ4n) is 2.11. The predicted molar refractivity (Wildman–Crippen MR) is 71.9 cm³/mol. The van der Waals surface area contributed by atoms with Gasteiger partial charge in [0.05, 0.1) is 20.1 Å². The summed E-state index contributed by atoms with van der Waals surface area (Å²) in [5.41, 5.74) is -0.720. The van der Waals surface area contributed by atoms with Crippen molar-refractivity contribution in [2.24, 2.45) is 0 Å². The zero-order valence-electron chi connectivity index (χ0n) is 12.6. The number of esters is 1. The Hall–Kier alpha value is -0.820. The monoisotopic (exact) mass is 311 g/mol. The van der Waals surface area contributed by atoms with Crippen molar-refractivity contribution in [1.29, 1.82) is 0 Å². The summed E-state index contributed by atoms with van der Waals surface area (Å²) in [6.45, 7) is 1.77. The second-order valence-corrected chi connectivity index (χ2v) is 5.68. The third-order valence-corrected chi connectivity index (χ3v) is 3.48. The third kappa shape index (κ3) is 7.66. The second kappa shape index (κ2) is 7.98. The smallest absolute Gasteiger partial charge is 0.391 e. The van der Waals surface area contributed by atoms with E-state index in [1.807, 2.05) is 6.92 Å². The fraction of sp³-hybridized carbons (Fsp3) is 0.929. The molecular weight excluding hydrogens is 287 g/mol. The first kappa shape index (κ1) is 18.2. The van der Waals surface area contributed by atoms with Crippen LogP contribution in [0.25, 0.3) is 0 Å². The number of methoxy groups -OCH3 is 1. The van der Waals surface area contributed by atoms with E-state index in [1.165, 1.54) is 7.11 Å². The van der Waals surface area contributed by atoms with E-state index in [1.54, 1.807) is 0 Å². The summed E-state index contributed by atoms with van der Waals surface area (Å²) in [4.78, 5) is 11.8. The quantitative estimate of drug-likeness (QED) is 0.498. The summed E-state index contributed by atoms with van der Waals surface area (Å²) in [5.74, 6) is -0.299. The first-order valence-electron chi connectivity index (χ1n) is 7.27. The van der Waals surface area contributed by atoms with Gasteiger partial charge in [0, 0.05) is 12.6 Å². The molecule has 4 nitrogen and oxygen atoms in total. The van der Waals surface area contributed by atoms with Gasteiger partial charge in [0.15, 0.2) is 0 Å². The number of alkyl halides is 3. The van der Waals surface area contributed by atoms with E-state index >= 15 is 0 Å². The van der Waals surface area contributed by atoms with Crippen LogP contribution >= 0.6 is 0 Å². The van der Waals surface area contributed by atoms with Crippen molar-refractivity contribution in [1.82, 2.24) is 5.32 Å². The maximum absolute atomic E-state index is 11.9. The number of halogens is 3. The summed E-state index contributed by atoms with van der Waals surface area (Å²) < 4.78 is 45.5. The van der Waals surface area contributed by atoms with Gasteiger partial charge in [0.25, 0.3) is 0 Å². The Bertz CT molecular complexity index is 332. The van der Waals surface area contributed by atoms with Crippen molar-refractivity contribution >= 4 is 5.97 Å². The molecule has 1 atom stereocenters. The average molecular weight is 311 g/mol. The molecule has 1 saturated carbocycles. The van der Waals surface area contributed by atoms with Crippen molar-refractivity contribution in [3.8, 4) is 0 Å². The normalized spacial score (nSPS) is 18.3. The lowest BCUT2D eigenvalue weighted by Crippen LogP contribution is -2.51. The van der Waals surface area contributed by atoms with Crippen LogP contribution in [0.2, 0.25) is 0 Å². The van der Waals surface area contributed by atoms with Crippen LogP contribution in [0.5, 0.6) is 0 Å². The van der Waals surface area contributed by atoms with Crippen LogP contribution in [0.4, 0.5) is 13.2 Å². The summed E-state index contributed by atoms with van der Waals surface area (Å²) >= 11 is 0. The molecule has 124 valence electrons. The van der Waals surface area contributed by atoms with E-state index < -0.39 is 18.1 Å². The van der Waals surface area contributed by atoms with Gasteiger partial charge in [-0.2, -0.15) is 13.2 Å². The van der Waals surface area contributed by atoms with Gasteiger partial charge in [-0.25, -0.2) is 0 Å². The third-order valence-electron chi connectivity index (χ3n) is 3.48. The largest absolute Gasteiger partial charge is 0.468 e. The predicted octanol–water partition coefficient (Wildman–Crippen LogP) is 2.81. The molecule has 1 aliphatic rings. The Morgan fingerprint density at radius 2 is 1.86 bits per heavy atom. The zero-order valence-corrected chi connectivity index (χ0v) is 12.6. The number of ether oxygens (including phenoxy) is 2. The molecule has 0 heterocycles. The number of rotatable bonds is 10. The van der Waals surface area contributed by atoms with Gasteiger partial charge in [-0.15, -0.1) is 0 Å². The van der Waals surface area contributed by atoms with E-state index in [2.05, 4.69) is 5.32 Å². The van der Waals surface area contributed by atoms with Gasteiger partial charge >= 0.3 is 12.1 Å². The number of hydrogen-bond acceptors (Lipinski definition) is 4. The van der Waals surface area contributed by atoms with Crippen molar-refractivity contribution < 1.29 is 27.4 Å². The standard InChI is InChI=1S/C14H24F3NO3/c1-13(12(19)20-2,18-11-5-6-11)7-3-4-9-21-10-8-14(15,16)17/h11,18H,3-10H2,1-2H3. The average Bonchev–Trinajstić information content (AvgIpc) is 3.19. The zero-order chi connectivity index (χ0) is 15.9. The summed E-state index contributed by atoms with van der Waals surface area (Å²) in [6, 6.07) is 0.372. The van der Waals surface area contributed by atoms with Crippen LogP contribution in [-0.4, -0.2) is 44.0 Å². The molecule has 0 spiro atoms. The molecule has 1 N–H and O–H groups in total. The highest BCUT2D eigenvalue weighted by Crippen LogP contribution is 2.26. The number of nitrogens with one attached hydrogen (secondary N) is 1. The molecule has 1 fully saturated rings. The molecule has 1 rings (SSSR count). The van der Waals surface area contributed by atoms with Crippen LogP contribution in [0.1, 0.15) is 45.4 Å². The van der Waals surface area contributed by atoms with Crippen LogP contribution in [0.3, 0.4) is 0 Å². The lowest BCUT2D eigenvalue weighted by Gasteiger charge is -2.28. The fourth-order valence-corrected chi connectivity index (χ4v) is 2.11. The Morgan fingerprint density at radius 1 is 1.19 bits per heavy atom. The number of hydrogen-bond donors (Lipinski definition) is 1. The van der Waals surface area contributed by atoms with Crippen molar-refractivity contribution in [3.63, 3.8) is 0 Å². The maximum Gasteiger partial charge on any atom is 0.391 e. The number of carbonyl (C=O) groups excluding carboxylic acids is 1. The Balaban J connectivity index is 2.17. The van der Waals surface area contributed by atoms with E-state index in [-0.39, 0.29) is 19.2 Å². The van der Waals surface area contributed by atoms with Crippen LogP contribution in [0.15, 0.2) is 0 Å². The van der Waals surface area contributed by atoms with Gasteiger partial charge in [-0.1, -0.05) is 0 Å². The molecular formula is C14H24F3NO3. The molecule has 0 aromatic carbocycles. The van der Waals surface area contributed by atoms with Gasteiger partial charge < -0.3 is 9.47 Å². The van der Waals surface area contributed by atoms with Gasteiger partial charge in [-0.05, 0) is 39.0 Å². The summed E-state index contributed by atoms with van der Waals surface area (Å²) in [5, 5.41) is 3.28. The Kier molecular flexibility index (Phi) is 6.93. The topological polar surface area (TPSA) is 47.6 Å². The molecule has 0 aromatic rings. The minimum Gasteiger partial charge on any atom is -0.468 e. The van der Waals surface area contributed by atoms with Crippen LogP contribution < -0.4 is 5.32 Å². The second-order valence-electron chi connectivity index (χ2n) is 5.68. The first-order chi connectivity index (χ1) is 9.77. The van der Waals surface area contributed by atoms with Crippen molar-refractivity contribution in [3.05, 3.63) is 0 Å². The van der Waals surface area contributed by atoms with Gasteiger partial charge in [0.1, 0.15) is 5.54 Å². The highest BCUT2D eigenvalue weighted by molar-refractivity contribution is 5.80. The number of unbranched alkanes of at least 4 members (excludes halogenated alkanes) is 1. The van der Waals surface area contributed by atoms with Crippen molar-refractivity contribution in [2.45, 2.75) is 63.2 Å². The SMILES string of the molecule is COC(=O)C(C)(CCCCOCCC(F)(F)F)NC1CC1. The first-order valence-corrected chi connectivity index (χ1v) is 7.27. The lowest BCUT2D eigenvalue weighted by molar-refractivity contribution is -0.149. The highest BCUT2D eigenvalue weighted by Gasteiger charge is 2.38.